The summed E-state index contributed by atoms with van der Waals surface area (Å²) in [5, 5.41) is 0. The van der Waals surface area contributed by atoms with Crippen molar-refractivity contribution in [2.24, 2.45) is 5.73 Å². The lowest BCUT2D eigenvalue weighted by Gasteiger charge is -2.31. The average Bonchev–Trinajstić information content (AvgIpc) is 2.25. The molecule has 4 nitrogen and oxygen atoms in total. The third kappa shape index (κ3) is 5.26. The predicted molar refractivity (Wildman–Crippen MR) is 75.1 cm³/mol. The van der Waals surface area contributed by atoms with Gasteiger partial charge >= 0.3 is 0 Å². The van der Waals surface area contributed by atoms with Crippen molar-refractivity contribution in [3.8, 4) is 0 Å². The molecule has 0 bridgehead atoms. The molecule has 108 valence electrons. The Balaban J connectivity index is 2.89. The summed E-state index contributed by atoms with van der Waals surface area (Å²) in [7, 11) is -1.23. The quantitative estimate of drug-likeness (QED) is 0.854. The summed E-state index contributed by atoms with van der Waals surface area (Å²) in [6.45, 7) is 2.19. The second kappa shape index (κ2) is 6.45. The zero-order chi connectivity index (χ0) is 14.6. The summed E-state index contributed by atoms with van der Waals surface area (Å²) in [6, 6.07) is 5.80. The summed E-state index contributed by atoms with van der Waals surface area (Å²) in [5.74, 6) is -0.262. The van der Waals surface area contributed by atoms with Crippen LogP contribution in [-0.2, 0) is 9.84 Å². The Hall–Kier alpha value is -0.980. The summed E-state index contributed by atoms with van der Waals surface area (Å²) in [5.41, 5.74) is 6.70. The molecule has 19 heavy (non-hydrogen) atoms. The molecule has 0 saturated heterocycles. The molecule has 1 rings (SSSR count). The van der Waals surface area contributed by atoms with Crippen molar-refractivity contribution in [2.75, 3.05) is 25.6 Å². The van der Waals surface area contributed by atoms with Crippen molar-refractivity contribution in [1.29, 1.82) is 0 Å². The summed E-state index contributed by atoms with van der Waals surface area (Å²) < 4.78 is 35.7. The number of hydrogen-bond acceptors (Lipinski definition) is 4. The molecule has 2 atom stereocenters. The molecule has 0 aliphatic rings. The first-order valence-electron chi connectivity index (χ1n) is 6.09. The lowest BCUT2D eigenvalue weighted by atomic mass is 9.99. The van der Waals surface area contributed by atoms with Gasteiger partial charge in [0.25, 0.3) is 0 Å². The minimum Gasteiger partial charge on any atom is -0.326 e. The van der Waals surface area contributed by atoms with E-state index in [2.05, 4.69) is 0 Å². The van der Waals surface area contributed by atoms with E-state index in [0.717, 1.165) is 5.56 Å². The Labute approximate surface area is 114 Å². The van der Waals surface area contributed by atoms with E-state index in [0.29, 0.717) is 6.54 Å². The van der Waals surface area contributed by atoms with Crippen LogP contribution in [0.4, 0.5) is 4.39 Å². The summed E-state index contributed by atoms with van der Waals surface area (Å²) in [4.78, 5) is 1.85. The maximum atomic E-state index is 13.3. The number of hydrogen-bond donors (Lipinski definition) is 1. The fourth-order valence-electron chi connectivity index (χ4n) is 2.10. The molecule has 0 spiro atoms. The molecule has 0 amide bonds. The van der Waals surface area contributed by atoms with Crippen molar-refractivity contribution < 1.29 is 12.8 Å². The Morgan fingerprint density at radius 1 is 1.42 bits per heavy atom. The van der Waals surface area contributed by atoms with Crippen molar-refractivity contribution in [1.82, 2.24) is 4.90 Å². The molecule has 2 N–H and O–H groups in total. The highest BCUT2D eigenvalue weighted by molar-refractivity contribution is 7.90. The Bertz CT molecular complexity index is 517. The molecule has 0 saturated carbocycles. The van der Waals surface area contributed by atoms with Crippen LogP contribution in [-0.4, -0.2) is 45.0 Å². The van der Waals surface area contributed by atoms with Gasteiger partial charge in [-0.3, -0.25) is 4.90 Å². The van der Waals surface area contributed by atoms with Crippen molar-refractivity contribution >= 4 is 9.84 Å². The number of rotatable bonds is 6. The van der Waals surface area contributed by atoms with E-state index in [1.165, 1.54) is 18.4 Å². The van der Waals surface area contributed by atoms with Crippen LogP contribution >= 0.6 is 0 Å². The highest BCUT2D eigenvalue weighted by Gasteiger charge is 2.22. The van der Waals surface area contributed by atoms with Gasteiger partial charge in [-0.15, -0.1) is 0 Å². The zero-order valence-corrected chi connectivity index (χ0v) is 12.3. The van der Waals surface area contributed by atoms with Crippen LogP contribution in [0.1, 0.15) is 18.5 Å². The topological polar surface area (TPSA) is 63.4 Å². The van der Waals surface area contributed by atoms with E-state index < -0.39 is 9.84 Å². The second-order valence-electron chi connectivity index (χ2n) is 4.97. The molecule has 1 aromatic rings. The fraction of sp³-hybridized carbons (Fsp3) is 0.538. The van der Waals surface area contributed by atoms with Gasteiger partial charge < -0.3 is 5.73 Å². The third-order valence-corrected chi connectivity index (χ3v) is 3.90. The maximum absolute atomic E-state index is 13.3. The van der Waals surface area contributed by atoms with Gasteiger partial charge in [-0.25, -0.2) is 12.8 Å². The van der Waals surface area contributed by atoms with E-state index in [1.807, 2.05) is 11.8 Å². The minimum absolute atomic E-state index is 0.0576. The fourth-order valence-corrected chi connectivity index (χ4v) is 2.72. The molecule has 0 radical (unpaired) electrons. The third-order valence-electron chi connectivity index (χ3n) is 2.98. The molecule has 2 unspecified atom stereocenters. The average molecular weight is 288 g/mol. The molecule has 0 aliphatic heterocycles. The van der Waals surface area contributed by atoms with Gasteiger partial charge in [0.15, 0.2) is 0 Å². The van der Waals surface area contributed by atoms with Crippen molar-refractivity contribution in [3.05, 3.63) is 35.6 Å². The first-order valence-corrected chi connectivity index (χ1v) is 8.16. The monoisotopic (exact) mass is 288 g/mol. The zero-order valence-electron chi connectivity index (χ0n) is 11.5. The predicted octanol–water partition coefficient (Wildman–Crippen LogP) is 1.19. The van der Waals surface area contributed by atoms with E-state index in [-0.39, 0.29) is 23.7 Å². The standard InChI is InChI=1S/C13H21FN2O2S/c1-10(15)13(11-5-4-6-12(14)9-11)16(2)7-8-19(3,17)18/h4-6,9-10,13H,7-8,15H2,1-3H3. The highest BCUT2D eigenvalue weighted by atomic mass is 32.2. The van der Waals surface area contributed by atoms with Gasteiger partial charge in [0, 0.05) is 24.9 Å². The van der Waals surface area contributed by atoms with Gasteiger partial charge in [0.2, 0.25) is 0 Å². The number of nitrogens with two attached hydrogens (primary N) is 1. The lowest BCUT2D eigenvalue weighted by Crippen LogP contribution is -2.39. The molecule has 1 aromatic carbocycles. The molecular weight excluding hydrogens is 267 g/mol. The molecule has 0 fully saturated rings. The lowest BCUT2D eigenvalue weighted by molar-refractivity contribution is 0.230. The molecule has 0 aliphatic carbocycles. The normalized spacial score (nSPS) is 15.5. The van der Waals surface area contributed by atoms with Crippen LogP contribution in [0, 0.1) is 5.82 Å². The number of halogens is 1. The van der Waals surface area contributed by atoms with Gasteiger partial charge in [-0.1, -0.05) is 12.1 Å². The minimum atomic E-state index is -3.03. The van der Waals surface area contributed by atoms with Gasteiger partial charge in [0.05, 0.1) is 5.75 Å². The van der Waals surface area contributed by atoms with Gasteiger partial charge in [0.1, 0.15) is 15.7 Å². The van der Waals surface area contributed by atoms with E-state index in [9.17, 15) is 12.8 Å². The van der Waals surface area contributed by atoms with Crippen LogP contribution in [0.5, 0.6) is 0 Å². The van der Waals surface area contributed by atoms with Crippen LogP contribution in [0.3, 0.4) is 0 Å². The summed E-state index contributed by atoms with van der Waals surface area (Å²) in [6.07, 6.45) is 1.20. The molecule has 0 aromatic heterocycles. The van der Waals surface area contributed by atoms with E-state index in [1.54, 1.807) is 19.2 Å². The van der Waals surface area contributed by atoms with Crippen LogP contribution in [0.2, 0.25) is 0 Å². The highest BCUT2D eigenvalue weighted by Crippen LogP contribution is 2.22. The molecular formula is C13H21FN2O2S. The Kier molecular flexibility index (Phi) is 5.46. The maximum Gasteiger partial charge on any atom is 0.148 e. The molecule has 6 heteroatoms. The smallest absolute Gasteiger partial charge is 0.148 e. The number of likely N-dealkylation sites (N-methyl/N-ethyl adjacent to an activating group) is 1. The van der Waals surface area contributed by atoms with E-state index >= 15 is 0 Å². The van der Waals surface area contributed by atoms with Crippen molar-refractivity contribution in [3.63, 3.8) is 0 Å². The Morgan fingerprint density at radius 3 is 2.53 bits per heavy atom. The largest absolute Gasteiger partial charge is 0.326 e. The van der Waals surface area contributed by atoms with Gasteiger partial charge in [-0.05, 0) is 31.7 Å². The van der Waals surface area contributed by atoms with Crippen molar-refractivity contribution in [2.45, 2.75) is 19.0 Å². The number of sulfone groups is 1. The number of nitrogens with zero attached hydrogens (tertiary/aromatic N) is 1. The van der Waals surface area contributed by atoms with Crippen LogP contribution < -0.4 is 5.73 Å². The van der Waals surface area contributed by atoms with Crippen LogP contribution in [0.15, 0.2) is 24.3 Å². The number of benzene rings is 1. The van der Waals surface area contributed by atoms with E-state index in [4.69, 9.17) is 5.73 Å². The molecule has 0 heterocycles. The first kappa shape index (κ1) is 16.1. The Morgan fingerprint density at radius 2 is 2.05 bits per heavy atom. The van der Waals surface area contributed by atoms with Gasteiger partial charge in [-0.2, -0.15) is 0 Å². The first-order chi connectivity index (χ1) is 8.70. The second-order valence-corrected chi connectivity index (χ2v) is 7.23. The SMILES string of the molecule is CC(N)C(c1cccc(F)c1)N(C)CCS(C)(=O)=O. The summed E-state index contributed by atoms with van der Waals surface area (Å²) >= 11 is 0. The van der Waals surface area contributed by atoms with Crippen LogP contribution in [0.25, 0.3) is 0 Å².